The molecule has 1 saturated heterocycles. The number of hydrogen-bond acceptors (Lipinski definition) is 13. The van der Waals surface area contributed by atoms with Crippen molar-refractivity contribution >= 4 is 22.8 Å². The minimum Gasteiger partial charge on any atom is -0.508 e. The first kappa shape index (κ1) is 35.1. The largest absolute Gasteiger partial charge is 0.508 e. The Morgan fingerprint density at radius 3 is 2.35 bits per heavy atom. The lowest BCUT2D eigenvalue weighted by molar-refractivity contribution is -0.271. The first-order chi connectivity index (χ1) is 24.4. The van der Waals surface area contributed by atoms with Crippen LogP contribution in [0.4, 0.5) is 5.82 Å². The maximum atomic E-state index is 13.5. The number of benzene rings is 3. The number of anilines is 1. The van der Waals surface area contributed by atoms with Gasteiger partial charge in [0.2, 0.25) is 12.0 Å². The van der Waals surface area contributed by atoms with Gasteiger partial charge in [-0.05, 0) is 66.1 Å². The Morgan fingerprint density at radius 2 is 1.67 bits per heavy atom. The van der Waals surface area contributed by atoms with Crippen LogP contribution < -0.4 is 25.4 Å². The third kappa shape index (κ3) is 7.56. The maximum Gasteiger partial charge on any atom is 0.335 e. The zero-order valence-electron chi connectivity index (χ0n) is 27.2. The van der Waals surface area contributed by atoms with E-state index in [4.69, 9.17) is 29.1 Å². The maximum absolute atomic E-state index is 13.5. The Hall–Kier alpha value is -5.74. The topological polar surface area (TPSA) is 247 Å². The summed E-state index contributed by atoms with van der Waals surface area (Å²) in [5.41, 5.74) is 7.61. The van der Waals surface area contributed by atoms with Crippen molar-refractivity contribution in [3.8, 4) is 40.1 Å². The molecule has 0 bridgehead atoms. The van der Waals surface area contributed by atoms with Crippen molar-refractivity contribution in [3.63, 3.8) is 0 Å². The Balaban J connectivity index is 1.33. The lowest BCUT2D eigenvalue weighted by atomic mass is 9.99. The summed E-state index contributed by atoms with van der Waals surface area (Å²) in [4.78, 5) is 28.2. The van der Waals surface area contributed by atoms with Gasteiger partial charge < -0.3 is 64.7 Å². The van der Waals surface area contributed by atoms with Gasteiger partial charge in [-0.3, -0.25) is 4.79 Å². The molecule has 5 aromatic rings. The Kier molecular flexibility index (Phi) is 10.1. The molecule has 15 nitrogen and oxygen atoms in total. The molecule has 268 valence electrons. The second-order valence-electron chi connectivity index (χ2n) is 12.0. The fourth-order valence-electron chi connectivity index (χ4n) is 5.69. The van der Waals surface area contributed by atoms with Gasteiger partial charge in [-0.25, -0.2) is 4.79 Å². The van der Waals surface area contributed by atoms with Gasteiger partial charge in [-0.2, -0.15) is 0 Å². The molecule has 0 spiro atoms. The monoisotopic (exact) mass is 704 g/mol. The normalized spacial score (nSPS) is 20.3. The van der Waals surface area contributed by atoms with Gasteiger partial charge in [0.25, 0.3) is 0 Å². The van der Waals surface area contributed by atoms with Crippen LogP contribution in [0, 0.1) is 0 Å². The Morgan fingerprint density at radius 1 is 0.922 bits per heavy atom. The van der Waals surface area contributed by atoms with E-state index in [1.54, 1.807) is 42.5 Å². The number of carboxylic acids is 1. The highest BCUT2D eigenvalue weighted by atomic mass is 16.7. The van der Waals surface area contributed by atoms with Crippen LogP contribution >= 0.6 is 0 Å². The van der Waals surface area contributed by atoms with Crippen molar-refractivity contribution in [2.45, 2.75) is 57.1 Å². The Labute approximate surface area is 289 Å². The molecule has 0 amide bonds. The summed E-state index contributed by atoms with van der Waals surface area (Å²) < 4.78 is 28.8. The molecule has 1 aliphatic heterocycles. The van der Waals surface area contributed by atoms with Gasteiger partial charge in [-0.1, -0.05) is 13.0 Å². The summed E-state index contributed by atoms with van der Waals surface area (Å²) in [5.74, 6) is -1.88. The molecule has 6 rings (SSSR count). The predicted molar refractivity (Wildman–Crippen MR) is 181 cm³/mol. The molecule has 1 aliphatic rings. The number of hydrogen-bond donors (Lipinski definition) is 8. The number of phenols is 2. The molecule has 0 unspecified atom stereocenters. The van der Waals surface area contributed by atoms with Gasteiger partial charge in [0, 0.05) is 29.8 Å². The third-order valence-electron chi connectivity index (χ3n) is 8.35. The van der Waals surface area contributed by atoms with Crippen LogP contribution in [-0.2, 0) is 29.0 Å². The molecule has 9 N–H and O–H groups in total. The zero-order chi connectivity index (χ0) is 36.4. The van der Waals surface area contributed by atoms with E-state index >= 15 is 0 Å². The van der Waals surface area contributed by atoms with E-state index in [1.807, 2.05) is 13.0 Å². The SMILES string of the molecule is CCc1cc(O)cc(COc2c(O[C@@H]3O[C@H](C(=O)O)[C@@H](O)[C@@H](O)[C@H]3O)cc3oc(-c4ccc(OCCc5ccc(N)[nH]5)cc4)cc(=O)c3c2O)c1. The van der Waals surface area contributed by atoms with Gasteiger partial charge >= 0.3 is 5.97 Å². The summed E-state index contributed by atoms with van der Waals surface area (Å²) in [5, 5.41) is 61.9. The minimum absolute atomic E-state index is 0.0203. The predicted octanol–water partition coefficient (Wildman–Crippen LogP) is 2.82. The summed E-state index contributed by atoms with van der Waals surface area (Å²) >= 11 is 0. The second-order valence-corrected chi connectivity index (χ2v) is 12.0. The third-order valence-corrected chi connectivity index (χ3v) is 8.35. The quantitative estimate of drug-likeness (QED) is 0.0931. The van der Waals surface area contributed by atoms with Gasteiger partial charge in [0.05, 0.1) is 6.61 Å². The highest BCUT2D eigenvalue weighted by molar-refractivity contribution is 5.89. The number of carboxylic acid groups (broad SMARTS) is 1. The number of nitrogens with two attached hydrogens (primary N) is 1. The summed E-state index contributed by atoms with van der Waals surface area (Å²) in [6.07, 6.45) is -8.55. The van der Waals surface area contributed by atoms with Crippen molar-refractivity contribution < 1.29 is 58.8 Å². The molecule has 1 fully saturated rings. The number of phenolic OH excluding ortho intramolecular Hbond substituents is 2. The zero-order valence-corrected chi connectivity index (χ0v) is 27.2. The number of aromatic nitrogens is 1. The molecule has 0 saturated carbocycles. The minimum atomic E-state index is -1.98. The van der Waals surface area contributed by atoms with Crippen LogP contribution in [0.3, 0.4) is 0 Å². The Bertz CT molecular complexity index is 2090. The fraction of sp³-hybridized carbons (Fsp3) is 0.278. The van der Waals surface area contributed by atoms with Crippen LogP contribution in [0.1, 0.15) is 23.7 Å². The number of H-pyrrole nitrogens is 1. The van der Waals surface area contributed by atoms with Crippen LogP contribution in [-0.4, -0.2) is 78.9 Å². The van der Waals surface area contributed by atoms with Gasteiger partial charge in [0.1, 0.15) is 59.0 Å². The molecular formula is C36H36N2O13. The number of ether oxygens (including phenoxy) is 4. The smallest absolute Gasteiger partial charge is 0.335 e. The lowest BCUT2D eigenvalue weighted by Gasteiger charge is -2.38. The second kappa shape index (κ2) is 14.6. The number of rotatable bonds is 12. The summed E-state index contributed by atoms with van der Waals surface area (Å²) in [7, 11) is 0. The van der Waals surface area contributed by atoms with Crippen molar-refractivity contribution in [1.82, 2.24) is 4.98 Å². The molecule has 2 aromatic heterocycles. The van der Waals surface area contributed by atoms with Crippen LogP contribution in [0.25, 0.3) is 22.3 Å². The molecule has 0 aliphatic carbocycles. The number of nitrogens with one attached hydrogen (secondary N) is 1. The molecule has 0 radical (unpaired) electrons. The number of aryl methyl sites for hydroxylation is 1. The van der Waals surface area contributed by atoms with E-state index in [1.165, 1.54) is 18.2 Å². The molecule has 5 atom stereocenters. The number of fused-ring (bicyclic) bond motifs is 1. The van der Waals surface area contributed by atoms with Crippen LogP contribution in [0.5, 0.6) is 28.7 Å². The number of nitrogen functional groups attached to an aromatic ring is 1. The standard InChI is InChI=1S/C36H36N2O13/c1-2-17-11-18(13-21(39)12-17)16-48-33-26(50-36-32(44)30(42)31(43)34(51-36)35(45)46)15-25-28(29(33)41)23(40)14-24(49-25)19-3-6-22(7-4-19)47-10-9-20-5-8-27(37)38-20/h3-8,11-15,30-32,34,36,38-39,41-44H,2,9-10,16,37H2,1H3,(H,45,46)/t30-,31+,32-,34+,36-/m1/s1. The number of aromatic hydroxyl groups is 2. The number of aliphatic carboxylic acids is 1. The van der Waals surface area contributed by atoms with Crippen LogP contribution in [0.15, 0.2) is 75.9 Å². The number of carbonyl (C=O) groups is 1. The van der Waals surface area contributed by atoms with E-state index in [0.717, 1.165) is 11.3 Å². The highest BCUT2D eigenvalue weighted by Gasteiger charge is 2.48. The average Bonchev–Trinajstić information content (AvgIpc) is 3.52. The first-order valence-electron chi connectivity index (χ1n) is 16.0. The summed E-state index contributed by atoms with van der Waals surface area (Å²) in [6.45, 7) is 2.04. The number of aliphatic hydroxyl groups excluding tert-OH is 3. The van der Waals surface area contributed by atoms with Crippen molar-refractivity contribution in [2.24, 2.45) is 0 Å². The highest BCUT2D eigenvalue weighted by Crippen LogP contribution is 2.44. The van der Waals surface area contributed by atoms with Gasteiger partial charge in [-0.15, -0.1) is 0 Å². The van der Waals surface area contributed by atoms with E-state index in [9.17, 15) is 40.2 Å². The number of aliphatic hydroxyl groups is 3. The van der Waals surface area contributed by atoms with E-state index in [0.29, 0.717) is 42.1 Å². The van der Waals surface area contributed by atoms with E-state index in [-0.39, 0.29) is 34.8 Å². The van der Waals surface area contributed by atoms with Gasteiger partial charge in [0.15, 0.2) is 23.0 Å². The van der Waals surface area contributed by atoms with Crippen LogP contribution in [0.2, 0.25) is 0 Å². The molecule has 51 heavy (non-hydrogen) atoms. The van der Waals surface area contributed by atoms with E-state index in [2.05, 4.69) is 4.98 Å². The molecule has 3 heterocycles. The molecular weight excluding hydrogens is 668 g/mol. The lowest BCUT2D eigenvalue weighted by Crippen LogP contribution is -2.61. The molecule has 3 aromatic carbocycles. The first-order valence-corrected chi connectivity index (χ1v) is 16.0. The van der Waals surface area contributed by atoms with Crippen molar-refractivity contribution in [3.05, 3.63) is 93.8 Å². The average molecular weight is 705 g/mol. The van der Waals surface area contributed by atoms with E-state index < -0.39 is 53.6 Å². The van der Waals surface area contributed by atoms with Crippen molar-refractivity contribution in [1.29, 1.82) is 0 Å². The van der Waals surface area contributed by atoms with Crippen molar-refractivity contribution in [2.75, 3.05) is 12.3 Å². The summed E-state index contributed by atoms with van der Waals surface area (Å²) in [6, 6.07) is 17.5. The molecule has 15 heteroatoms. The number of aromatic amines is 1. The fourth-order valence-corrected chi connectivity index (χ4v) is 5.69.